The number of aliphatic hydroxyl groups is 1. The van der Waals surface area contributed by atoms with Crippen LogP contribution < -0.4 is 14.4 Å². The SMILES string of the molecule is COc1ccc(/C(O)=C2/C(=O)C(=O)N(c3ccc(C)cc3)C2c2ccc(OCC(C)C)cc2)c(C)c1. The number of carbonyl (C=O) groups excluding carboxylic acids is 2. The lowest BCUT2D eigenvalue weighted by Crippen LogP contribution is -2.29. The number of benzene rings is 3. The van der Waals surface area contributed by atoms with Crippen molar-refractivity contribution in [3.8, 4) is 11.5 Å². The standard InChI is InChI=1S/C30H31NO5/c1-18(2)17-36-23-12-8-21(9-13-23)27-26(28(32)25-15-14-24(35-5)16-20(25)4)29(33)30(34)31(27)22-10-6-19(3)7-11-22/h6-16,18,27,32H,17H2,1-5H3/b28-26-. The minimum atomic E-state index is -0.798. The highest BCUT2D eigenvalue weighted by atomic mass is 16.5. The number of nitrogens with zero attached hydrogens (tertiary/aromatic N) is 1. The van der Waals surface area contributed by atoms with Crippen LogP contribution >= 0.6 is 0 Å². The molecule has 1 atom stereocenters. The van der Waals surface area contributed by atoms with Gasteiger partial charge in [0.15, 0.2) is 0 Å². The number of hydrogen-bond acceptors (Lipinski definition) is 5. The van der Waals surface area contributed by atoms with Crippen LogP contribution in [0, 0.1) is 19.8 Å². The Hall–Kier alpha value is -4.06. The molecule has 1 N–H and O–H groups in total. The second-order valence-corrected chi connectivity index (χ2v) is 9.46. The summed E-state index contributed by atoms with van der Waals surface area (Å²) in [6.45, 7) is 8.51. The first kappa shape index (κ1) is 25.0. The van der Waals surface area contributed by atoms with Gasteiger partial charge < -0.3 is 14.6 Å². The number of aliphatic hydroxyl groups excluding tert-OH is 1. The number of amides is 1. The number of carbonyl (C=O) groups is 2. The van der Waals surface area contributed by atoms with Crippen LogP contribution in [-0.2, 0) is 9.59 Å². The molecule has 3 aromatic carbocycles. The molecular formula is C30H31NO5. The summed E-state index contributed by atoms with van der Waals surface area (Å²) in [5.74, 6) is 0.0906. The van der Waals surface area contributed by atoms with Crippen molar-refractivity contribution < 1.29 is 24.2 Å². The van der Waals surface area contributed by atoms with E-state index in [2.05, 4.69) is 13.8 Å². The van der Waals surface area contributed by atoms with Crippen molar-refractivity contribution in [1.29, 1.82) is 0 Å². The van der Waals surface area contributed by atoms with Crippen molar-refractivity contribution in [1.82, 2.24) is 0 Å². The highest BCUT2D eigenvalue weighted by molar-refractivity contribution is 6.51. The van der Waals surface area contributed by atoms with Gasteiger partial charge in [0.25, 0.3) is 11.7 Å². The lowest BCUT2D eigenvalue weighted by molar-refractivity contribution is -0.132. The fraction of sp³-hybridized carbons (Fsp3) is 0.267. The Morgan fingerprint density at radius 3 is 2.17 bits per heavy atom. The maximum absolute atomic E-state index is 13.4. The number of anilines is 1. The highest BCUT2D eigenvalue weighted by Gasteiger charge is 2.47. The van der Waals surface area contributed by atoms with Gasteiger partial charge in [-0.05, 0) is 73.4 Å². The summed E-state index contributed by atoms with van der Waals surface area (Å²) in [7, 11) is 1.57. The maximum Gasteiger partial charge on any atom is 0.300 e. The average Bonchev–Trinajstić information content (AvgIpc) is 3.13. The van der Waals surface area contributed by atoms with Crippen molar-refractivity contribution in [3.05, 3.63) is 94.6 Å². The molecule has 0 bridgehead atoms. The third kappa shape index (κ3) is 4.85. The molecule has 0 aromatic heterocycles. The molecule has 4 rings (SSSR count). The number of Topliss-reactive ketones (excluding diaryl/α,β-unsaturated/α-hetero) is 1. The van der Waals surface area contributed by atoms with E-state index in [0.717, 1.165) is 11.1 Å². The van der Waals surface area contributed by atoms with Crippen molar-refractivity contribution >= 4 is 23.1 Å². The Balaban J connectivity index is 1.86. The van der Waals surface area contributed by atoms with Gasteiger partial charge in [0.2, 0.25) is 0 Å². The van der Waals surface area contributed by atoms with Gasteiger partial charge in [0, 0.05) is 11.3 Å². The Morgan fingerprint density at radius 1 is 0.944 bits per heavy atom. The molecule has 186 valence electrons. The topological polar surface area (TPSA) is 76.1 Å². The molecule has 0 spiro atoms. The monoisotopic (exact) mass is 485 g/mol. The quantitative estimate of drug-likeness (QED) is 0.253. The normalized spacial score (nSPS) is 17.1. The first-order chi connectivity index (χ1) is 17.2. The zero-order valence-electron chi connectivity index (χ0n) is 21.2. The van der Waals surface area contributed by atoms with Gasteiger partial charge in [-0.25, -0.2) is 0 Å². The molecule has 0 aliphatic carbocycles. The number of rotatable bonds is 7. The van der Waals surface area contributed by atoms with Crippen LogP contribution in [0.2, 0.25) is 0 Å². The lowest BCUT2D eigenvalue weighted by atomic mass is 9.93. The number of methoxy groups -OCH3 is 1. The number of aryl methyl sites for hydroxylation is 2. The summed E-state index contributed by atoms with van der Waals surface area (Å²) in [5.41, 5.74) is 3.55. The van der Waals surface area contributed by atoms with E-state index in [0.29, 0.717) is 40.8 Å². The Morgan fingerprint density at radius 2 is 1.58 bits per heavy atom. The smallest absolute Gasteiger partial charge is 0.300 e. The predicted molar refractivity (Wildman–Crippen MR) is 140 cm³/mol. The van der Waals surface area contributed by atoms with Gasteiger partial charge in [-0.2, -0.15) is 0 Å². The third-order valence-electron chi connectivity index (χ3n) is 6.22. The van der Waals surface area contributed by atoms with Crippen LogP contribution in [0.3, 0.4) is 0 Å². The van der Waals surface area contributed by atoms with E-state index in [-0.39, 0.29) is 11.3 Å². The molecule has 3 aromatic rings. The molecular weight excluding hydrogens is 454 g/mol. The molecule has 1 unspecified atom stereocenters. The molecule has 1 saturated heterocycles. The summed E-state index contributed by atoms with van der Waals surface area (Å²) in [5, 5.41) is 11.4. The summed E-state index contributed by atoms with van der Waals surface area (Å²) in [6.07, 6.45) is 0. The van der Waals surface area contributed by atoms with Crippen LogP contribution in [0.4, 0.5) is 5.69 Å². The predicted octanol–water partition coefficient (Wildman–Crippen LogP) is 5.97. The summed E-state index contributed by atoms with van der Waals surface area (Å²) in [4.78, 5) is 28.2. The van der Waals surface area contributed by atoms with E-state index in [1.54, 1.807) is 25.3 Å². The van der Waals surface area contributed by atoms with E-state index in [1.165, 1.54) is 4.90 Å². The van der Waals surface area contributed by atoms with Crippen LogP contribution in [-0.4, -0.2) is 30.5 Å². The average molecular weight is 486 g/mol. The zero-order valence-corrected chi connectivity index (χ0v) is 21.2. The molecule has 36 heavy (non-hydrogen) atoms. The fourth-order valence-corrected chi connectivity index (χ4v) is 4.30. The summed E-state index contributed by atoms with van der Waals surface area (Å²) >= 11 is 0. The molecule has 0 radical (unpaired) electrons. The number of ether oxygens (including phenoxy) is 2. The van der Waals surface area contributed by atoms with Gasteiger partial charge in [-0.15, -0.1) is 0 Å². The summed E-state index contributed by atoms with van der Waals surface area (Å²) in [6, 6.07) is 19.1. The van der Waals surface area contributed by atoms with Crippen LogP contribution in [0.25, 0.3) is 5.76 Å². The second kappa shape index (κ2) is 10.3. The van der Waals surface area contributed by atoms with Gasteiger partial charge in [0.1, 0.15) is 17.3 Å². The second-order valence-electron chi connectivity index (χ2n) is 9.46. The van der Waals surface area contributed by atoms with Gasteiger partial charge >= 0.3 is 0 Å². The molecule has 6 heteroatoms. The van der Waals surface area contributed by atoms with Crippen molar-refractivity contribution in [2.24, 2.45) is 5.92 Å². The maximum atomic E-state index is 13.4. The minimum absolute atomic E-state index is 0.0460. The van der Waals surface area contributed by atoms with E-state index < -0.39 is 17.7 Å². The Labute approximate surface area is 211 Å². The molecule has 1 fully saturated rings. The highest BCUT2D eigenvalue weighted by Crippen LogP contribution is 2.43. The first-order valence-electron chi connectivity index (χ1n) is 12.0. The number of hydrogen-bond donors (Lipinski definition) is 1. The number of ketones is 1. The van der Waals surface area contributed by atoms with Crippen molar-refractivity contribution in [2.45, 2.75) is 33.7 Å². The Bertz CT molecular complexity index is 1310. The van der Waals surface area contributed by atoms with Gasteiger partial charge in [-0.1, -0.05) is 43.7 Å². The molecule has 1 aliphatic heterocycles. The minimum Gasteiger partial charge on any atom is -0.507 e. The largest absolute Gasteiger partial charge is 0.507 e. The molecule has 1 heterocycles. The Kier molecular flexibility index (Phi) is 7.15. The van der Waals surface area contributed by atoms with Crippen LogP contribution in [0.15, 0.2) is 72.3 Å². The fourth-order valence-electron chi connectivity index (χ4n) is 4.30. The van der Waals surface area contributed by atoms with E-state index in [9.17, 15) is 14.7 Å². The third-order valence-corrected chi connectivity index (χ3v) is 6.22. The van der Waals surface area contributed by atoms with Crippen LogP contribution in [0.1, 0.15) is 42.1 Å². The van der Waals surface area contributed by atoms with Gasteiger partial charge in [-0.3, -0.25) is 14.5 Å². The van der Waals surface area contributed by atoms with E-state index in [4.69, 9.17) is 9.47 Å². The van der Waals surface area contributed by atoms with E-state index in [1.807, 2.05) is 62.4 Å². The zero-order chi connectivity index (χ0) is 26.0. The molecule has 1 amide bonds. The van der Waals surface area contributed by atoms with Gasteiger partial charge in [0.05, 0.1) is 25.3 Å². The van der Waals surface area contributed by atoms with Crippen molar-refractivity contribution in [2.75, 3.05) is 18.6 Å². The van der Waals surface area contributed by atoms with Crippen molar-refractivity contribution in [3.63, 3.8) is 0 Å². The lowest BCUT2D eigenvalue weighted by Gasteiger charge is -2.26. The van der Waals surface area contributed by atoms with Crippen LogP contribution in [0.5, 0.6) is 11.5 Å². The molecule has 0 saturated carbocycles. The molecule has 6 nitrogen and oxygen atoms in total. The summed E-state index contributed by atoms with van der Waals surface area (Å²) < 4.78 is 11.1. The van der Waals surface area contributed by atoms with E-state index >= 15 is 0 Å². The first-order valence-corrected chi connectivity index (χ1v) is 12.0. The molecule has 1 aliphatic rings.